The van der Waals surface area contributed by atoms with Crippen LogP contribution in [0.2, 0.25) is 0 Å². The Labute approximate surface area is 171 Å². The quantitative estimate of drug-likeness (QED) is 0.526. The van der Waals surface area contributed by atoms with Gasteiger partial charge in [0.05, 0.1) is 11.8 Å². The summed E-state index contributed by atoms with van der Waals surface area (Å²) in [5.74, 6) is -2.87. The van der Waals surface area contributed by atoms with E-state index in [-0.39, 0.29) is 24.1 Å². The maximum absolute atomic E-state index is 14.1. The van der Waals surface area contributed by atoms with Crippen molar-refractivity contribution in [2.75, 3.05) is 18.9 Å². The zero-order chi connectivity index (χ0) is 22.2. The Bertz CT molecular complexity index is 957. The number of amides is 1. The first-order valence-electron chi connectivity index (χ1n) is 9.35. The first kappa shape index (κ1) is 22.7. The van der Waals surface area contributed by atoms with Crippen molar-refractivity contribution < 1.29 is 26.4 Å². The molecule has 0 aromatic carbocycles. The van der Waals surface area contributed by atoms with Crippen molar-refractivity contribution in [3.63, 3.8) is 0 Å². The molecule has 0 radical (unpaired) electrons. The van der Waals surface area contributed by atoms with Crippen LogP contribution in [0.25, 0.3) is 0 Å². The summed E-state index contributed by atoms with van der Waals surface area (Å²) in [4.78, 5) is 23.9. The summed E-state index contributed by atoms with van der Waals surface area (Å²) >= 11 is 0. The second kappa shape index (κ2) is 8.65. The predicted molar refractivity (Wildman–Crippen MR) is 103 cm³/mol. The second-order valence-electron chi connectivity index (χ2n) is 7.70. The molecule has 13 heteroatoms. The van der Waals surface area contributed by atoms with Crippen molar-refractivity contribution >= 4 is 21.6 Å². The summed E-state index contributed by atoms with van der Waals surface area (Å²) < 4.78 is 68.9. The van der Waals surface area contributed by atoms with Crippen LogP contribution in [0.3, 0.4) is 0 Å². The lowest BCUT2D eigenvalue weighted by Crippen LogP contribution is -2.54. The van der Waals surface area contributed by atoms with Gasteiger partial charge in [-0.25, -0.2) is 27.0 Å². The maximum Gasteiger partial charge on any atom is 0.252 e. The number of likely N-dealkylation sites (N-methyl/N-ethyl adjacent to an activating group) is 1. The number of fused-ring (bicyclic) bond motifs is 1. The van der Waals surface area contributed by atoms with E-state index in [1.165, 1.54) is 29.9 Å². The number of sulfonamides is 1. The van der Waals surface area contributed by atoms with Gasteiger partial charge < -0.3 is 9.88 Å². The van der Waals surface area contributed by atoms with E-state index >= 15 is 0 Å². The number of carbonyl (C=O) groups excluding carboxylic acids is 1. The number of rotatable bonds is 6. The smallest absolute Gasteiger partial charge is 0.252 e. The van der Waals surface area contributed by atoms with E-state index in [0.29, 0.717) is 0 Å². The number of pyridine rings is 1. The number of hydrogen-bond acceptors (Lipinski definition) is 6. The van der Waals surface area contributed by atoms with Crippen molar-refractivity contribution in [3.05, 3.63) is 28.7 Å². The van der Waals surface area contributed by atoms with E-state index in [2.05, 4.69) is 16.2 Å². The molecule has 1 aliphatic heterocycles. The predicted octanol–water partition coefficient (Wildman–Crippen LogP) is 0.0173. The molecule has 3 N–H and O–H groups in total. The number of carbonyl (C=O) groups is 1. The Morgan fingerprint density at radius 1 is 1.37 bits per heavy atom. The van der Waals surface area contributed by atoms with Crippen molar-refractivity contribution in [2.24, 2.45) is 18.9 Å². The fourth-order valence-electron chi connectivity index (χ4n) is 3.96. The van der Waals surface area contributed by atoms with Gasteiger partial charge in [-0.15, -0.1) is 0 Å². The van der Waals surface area contributed by atoms with Crippen molar-refractivity contribution in [1.82, 2.24) is 19.7 Å². The highest BCUT2D eigenvalue weighted by Gasteiger charge is 2.53. The number of aryl methyl sites for hydroxylation is 1. The molecule has 0 spiro atoms. The molecule has 5 unspecified atom stereocenters. The van der Waals surface area contributed by atoms with Crippen LogP contribution in [0.4, 0.5) is 18.9 Å². The van der Waals surface area contributed by atoms with E-state index in [4.69, 9.17) is 0 Å². The van der Waals surface area contributed by atoms with Crippen LogP contribution in [0.1, 0.15) is 12.8 Å². The Morgan fingerprint density at radius 3 is 2.70 bits per heavy atom. The number of anilines is 1. The minimum Gasteiger partial charge on any atom is -0.325 e. The second-order valence-corrected chi connectivity index (χ2v) is 9.96. The van der Waals surface area contributed by atoms with Crippen LogP contribution in [-0.4, -0.2) is 60.8 Å². The topological polar surface area (TPSA) is 113 Å². The molecular formula is C17H24F3N5O4S. The Hall–Kier alpha value is -1.96. The van der Waals surface area contributed by atoms with Gasteiger partial charge in [-0.1, -0.05) is 0 Å². The highest BCUT2D eigenvalue weighted by molar-refractivity contribution is 7.89. The van der Waals surface area contributed by atoms with Gasteiger partial charge in [-0.2, -0.15) is 4.31 Å². The SMILES string of the molecule is CN(CC(=O)Nc1ccn(C)c(=O)c1)S(=O)(=O)C1CC(C(F)F)CC2C(F)NNC21. The van der Waals surface area contributed by atoms with Crippen molar-refractivity contribution in [1.29, 1.82) is 0 Å². The van der Waals surface area contributed by atoms with E-state index < -0.39 is 58.3 Å². The molecular weight excluding hydrogens is 427 g/mol. The standard InChI is InChI=1S/C17H24F3N5O4S/c1-24-4-3-10(7-14(24)27)21-13(26)8-25(2)30(28,29)12-6-9(16(18)19)5-11-15(12)22-23-17(11)20/h3-4,7,9,11-12,15-17,22-23H,5-6,8H2,1-2H3,(H,21,26). The van der Waals surface area contributed by atoms with Crippen LogP contribution in [-0.2, 0) is 21.9 Å². The summed E-state index contributed by atoms with van der Waals surface area (Å²) in [5, 5.41) is 1.12. The molecule has 1 aromatic rings. The third-order valence-corrected chi connectivity index (χ3v) is 7.91. The molecule has 0 bridgehead atoms. The number of alkyl halides is 3. The number of nitrogens with zero attached hydrogens (tertiary/aromatic N) is 2. The van der Waals surface area contributed by atoms with Gasteiger partial charge in [0.25, 0.3) is 5.56 Å². The molecule has 3 rings (SSSR count). The number of hydrazine groups is 1. The van der Waals surface area contributed by atoms with Crippen LogP contribution < -0.4 is 21.7 Å². The van der Waals surface area contributed by atoms with E-state index in [9.17, 15) is 31.2 Å². The fraction of sp³-hybridized carbons (Fsp3) is 0.647. The summed E-state index contributed by atoms with van der Waals surface area (Å²) in [6.45, 7) is -0.586. The zero-order valence-corrected chi connectivity index (χ0v) is 17.2. The first-order valence-corrected chi connectivity index (χ1v) is 10.9. The Kier molecular flexibility index (Phi) is 6.55. The van der Waals surface area contributed by atoms with E-state index in [1.807, 2.05) is 0 Å². The minimum atomic E-state index is -4.20. The third kappa shape index (κ3) is 4.53. The molecule has 1 saturated carbocycles. The monoisotopic (exact) mass is 451 g/mol. The van der Waals surface area contributed by atoms with E-state index in [1.54, 1.807) is 0 Å². The molecule has 1 amide bonds. The lowest BCUT2D eigenvalue weighted by molar-refractivity contribution is -0.116. The molecule has 1 aromatic heterocycles. The summed E-state index contributed by atoms with van der Waals surface area (Å²) in [6, 6.07) is 1.77. The molecule has 30 heavy (non-hydrogen) atoms. The van der Waals surface area contributed by atoms with E-state index in [0.717, 1.165) is 11.4 Å². The normalized spacial score (nSPS) is 29.2. The van der Waals surface area contributed by atoms with Gasteiger partial charge in [-0.3, -0.25) is 15.0 Å². The average molecular weight is 451 g/mol. The number of hydrogen-bond donors (Lipinski definition) is 3. The summed E-state index contributed by atoms with van der Waals surface area (Å²) in [5.41, 5.74) is 4.70. The summed E-state index contributed by atoms with van der Waals surface area (Å²) in [7, 11) is -1.51. The van der Waals surface area contributed by atoms with Crippen LogP contribution in [0, 0.1) is 11.8 Å². The Morgan fingerprint density at radius 2 is 2.07 bits per heavy atom. The molecule has 2 heterocycles. The van der Waals surface area contributed by atoms with Gasteiger partial charge in [0.15, 0.2) is 6.30 Å². The maximum atomic E-state index is 14.1. The summed E-state index contributed by atoms with van der Waals surface area (Å²) in [6.07, 6.45) is -3.45. The van der Waals surface area contributed by atoms with Crippen LogP contribution in [0.5, 0.6) is 0 Å². The van der Waals surface area contributed by atoms with Gasteiger partial charge in [-0.05, 0) is 18.9 Å². The third-order valence-electron chi connectivity index (χ3n) is 5.66. The number of nitrogens with one attached hydrogen (secondary N) is 3. The van der Waals surface area contributed by atoms with Crippen LogP contribution in [0.15, 0.2) is 23.1 Å². The molecule has 2 aliphatic rings. The molecule has 2 fully saturated rings. The highest BCUT2D eigenvalue weighted by Crippen LogP contribution is 2.40. The number of aromatic nitrogens is 1. The van der Waals surface area contributed by atoms with Crippen molar-refractivity contribution in [2.45, 2.75) is 36.9 Å². The van der Waals surface area contributed by atoms with Gasteiger partial charge in [0, 0.05) is 49.9 Å². The minimum absolute atomic E-state index is 0.136. The van der Waals surface area contributed by atoms with Gasteiger partial charge in [0.1, 0.15) is 0 Å². The molecule has 5 atom stereocenters. The zero-order valence-electron chi connectivity index (χ0n) is 16.4. The van der Waals surface area contributed by atoms with Crippen molar-refractivity contribution in [3.8, 4) is 0 Å². The lowest BCUT2D eigenvalue weighted by Gasteiger charge is -2.38. The lowest BCUT2D eigenvalue weighted by atomic mass is 9.78. The number of halogens is 3. The molecule has 9 nitrogen and oxygen atoms in total. The Balaban J connectivity index is 1.73. The fourth-order valence-corrected chi connectivity index (χ4v) is 5.85. The van der Waals surface area contributed by atoms with Gasteiger partial charge >= 0.3 is 0 Å². The average Bonchev–Trinajstić information content (AvgIpc) is 3.04. The highest BCUT2D eigenvalue weighted by atomic mass is 32.2. The molecule has 168 valence electrons. The van der Waals surface area contributed by atoms with Gasteiger partial charge in [0.2, 0.25) is 22.4 Å². The first-order chi connectivity index (χ1) is 14.0. The molecule has 1 saturated heterocycles. The largest absolute Gasteiger partial charge is 0.325 e. The molecule has 1 aliphatic carbocycles. The van der Waals surface area contributed by atoms with Crippen LogP contribution >= 0.6 is 0 Å².